The zero-order chi connectivity index (χ0) is 20.4. The summed E-state index contributed by atoms with van der Waals surface area (Å²) in [4.78, 5) is 33.4. The molecule has 1 amide bonds. The summed E-state index contributed by atoms with van der Waals surface area (Å²) in [6, 6.07) is 10.3. The number of nitrogens with zero attached hydrogens (tertiary/aromatic N) is 3. The molecule has 0 saturated carbocycles. The first-order valence-corrected chi connectivity index (χ1v) is 10.2. The van der Waals surface area contributed by atoms with Crippen LogP contribution in [0.2, 0.25) is 0 Å². The smallest absolute Gasteiger partial charge is 0.269 e. The van der Waals surface area contributed by atoms with Gasteiger partial charge >= 0.3 is 0 Å². The topological polar surface area (TPSA) is 92.1 Å². The van der Waals surface area contributed by atoms with Gasteiger partial charge in [-0.1, -0.05) is 6.08 Å². The van der Waals surface area contributed by atoms with Gasteiger partial charge in [-0.25, -0.2) is 4.98 Å². The van der Waals surface area contributed by atoms with Crippen molar-refractivity contribution in [2.45, 2.75) is 23.5 Å². The van der Waals surface area contributed by atoms with E-state index in [2.05, 4.69) is 22.1 Å². The minimum Gasteiger partial charge on any atom is -0.346 e. The molecule has 0 aliphatic carbocycles. The molecule has 148 valence electrons. The van der Waals surface area contributed by atoms with Crippen LogP contribution in [0, 0.1) is 10.1 Å². The number of rotatable bonds is 5. The maximum absolute atomic E-state index is 12.8. The molecule has 1 aromatic carbocycles. The zero-order valence-electron chi connectivity index (χ0n) is 15.9. The molecule has 1 unspecified atom stereocenters. The second-order valence-corrected chi connectivity index (χ2v) is 8.29. The molecule has 29 heavy (non-hydrogen) atoms. The number of carbonyl (C=O) groups excluding carboxylic acids is 1. The number of H-pyrrole nitrogens is 1. The third-order valence-corrected chi connectivity index (χ3v) is 6.13. The first-order valence-electron chi connectivity index (χ1n) is 9.34. The number of fused-ring (bicyclic) bond motifs is 1. The number of benzene rings is 1. The molecule has 0 fully saturated rings. The molecular formula is C21H20N4O3S. The normalized spacial score (nSPS) is 15.2. The average molecular weight is 408 g/mol. The van der Waals surface area contributed by atoms with Crippen molar-refractivity contribution in [2.24, 2.45) is 0 Å². The molecule has 1 aliphatic rings. The highest BCUT2D eigenvalue weighted by Gasteiger charge is 2.24. The third-order valence-electron chi connectivity index (χ3n) is 5.03. The fraction of sp³-hybridized carbons (Fsp3) is 0.238. The highest BCUT2D eigenvalue weighted by Crippen LogP contribution is 2.30. The lowest BCUT2D eigenvalue weighted by atomic mass is 9.99. The van der Waals surface area contributed by atoms with Crippen LogP contribution in [-0.4, -0.2) is 44.0 Å². The molecule has 0 spiro atoms. The quantitative estimate of drug-likeness (QED) is 0.387. The van der Waals surface area contributed by atoms with E-state index in [1.807, 2.05) is 24.1 Å². The largest absolute Gasteiger partial charge is 0.346 e. The van der Waals surface area contributed by atoms with Crippen molar-refractivity contribution in [3.8, 4) is 0 Å². The number of thioether (sulfide) groups is 1. The van der Waals surface area contributed by atoms with Crippen LogP contribution < -0.4 is 0 Å². The van der Waals surface area contributed by atoms with Crippen molar-refractivity contribution >= 4 is 40.0 Å². The minimum absolute atomic E-state index is 0.0505. The maximum atomic E-state index is 12.8. The summed E-state index contributed by atoms with van der Waals surface area (Å²) >= 11 is 1.42. The van der Waals surface area contributed by atoms with E-state index in [1.54, 1.807) is 18.3 Å². The van der Waals surface area contributed by atoms with Crippen LogP contribution in [0.25, 0.3) is 16.6 Å². The summed E-state index contributed by atoms with van der Waals surface area (Å²) in [5.41, 5.74) is 3.29. The molecule has 0 saturated heterocycles. The van der Waals surface area contributed by atoms with Crippen LogP contribution in [0.15, 0.2) is 59.8 Å². The summed E-state index contributed by atoms with van der Waals surface area (Å²) < 4.78 is 0. The number of non-ortho nitro benzene ring substituents is 1. The van der Waals surface area contributed by atoms with Crippen molar-refractivity contribution in [2.75, 3.05) is 13.1 Å². The lowest BCUT2D eigenvalue weighted by Gasteiger charge is -2.28. The molecule has 1 atom stereocenters. The van der Waals surface area contributed by atoms with E-state index in [-0.39, 0.29) is 16.8 Å². The Hall–Kier alpha value is -3.13. The van der Waals surface area contributed by atoms with Gasteiger partial charge in [0.1, 0.15) is 5.65 Å². The number of nitrogens with one attached hydrogen (secondary N) is 1. The van der Waals surface area contributed by atoms with E-state index in [4.69, 9.17) is 0 Å². The standard InChI is InChI=1S/C21H20N4O3S/c1-14(29-17-6-4-16(5-7-17)25(27)28)21(26)24-11-8-15(9-12-24)19-13-23-20-18(19)3-2-10-22-20/h2-8,10,13-14H,9,11-12H2,1H3,(H,22,23). The van der Waals surface area contributed by atoms with Crippen molar-refractivity contribution < 1.29 is 9.72 Å². The summed E-state index contributed by atoms with van der Waals surface area (Å²) in [5.74, 6) is 0.0734. The Labute approximate surface area is 172 Å². The number of aromatic amines is 1. The zero-order valence-corrected chi connectivity index (χ0v) is 16.7. The number of hydrogen-bond acceptors (Lipinski definition) is 5. The maximum Gasteiger partial charge on any atom is 0.269 e. The van der Waals surface area contributed by atoms with E-state index < -0.39 is 4.92 Å². The van der Waals surface area contributed by atoms with Gasteiger partial charge in [0.25, 0.3) is 5.69 Å². The fourth-order valence-corrected chi connectivity index (χ4v) is 4.44. The van der Waals surface area contributed by atoms with E-state index in [1.165, 1.54) is 29.5 Å². The highest BCUT2D eigenvalue weighted by molar-refractivity contribution is 8.00. The van der Waals surface area contributed by atoms with E-state index in [0.717, 1.165) is 27.9 Å². The molecule has 3 aromatic rings. The lowest BCUT2D eigenvalue weighted by Crippen LogP contribution is -2.39. The van der Waals surface area contributed by atoms with Crippen molar-refractivity contribution in [3.05, 3.63) is 70.5 Å². The second-order valence-electron chi connectivity index (χ2n) is 6.88. The van der Waals surface area contributed by atoms with Gasteiger partial charge in [-0.05, 0) is 43.2 Å². The second kappa shape index (κ2) is 8.08. The van der Waals surface area contributed by atoms with Crippen LogP contribution in [0.3, 0.4) is 0 Å². The third kappa shape index (κ3) is 4.02. The average Bonchev–Trinajstić information content (AvgIpc) is 3.18. The monoisotopic (exact) mass is 408 g/mol. The Balaban J connectivity index is 1.40. The van der Waals surface area contributed by atoms with E-state index in [0.29, 0.717) is 13.1 Å². The number of nitro benzene ring substituents is 1. The Kier molecular flexibility index (Phi) is 5.35. The van der Waals surface area contributed by atoms with Crippen molar-refractivity contribution in [1.29, 1.82) is 0 Å². The molecular weight excluding hydrogens is 388 g/mol. The van der Waals surface area contributed by atoms with Crippen LogP contribution >= 0.6 is 11.8 Å². The molecule has 4 rings (SSSR count). The van der Waals surface area contributed by atoms with Gasteiger partial charge in [0.15, 0.2) is 0 Å². The fourth-order valence-electron chi connectivity index (χ4n) is 3.49. The summed E-state index contributed by atoms with van der Waals surface area (Å²) in [7, 11) is 0. The summed E-state index contributed by atoms with van der Waals surface area (Å²) in [6.07, 6.45) is 6.65. The van der Waals surface area contributed by atoms with Crippen LogP contribution in [0.4, 0.5) is 5.69 Å². The van der Waals surface area contributed by atoms with Gasteiger partial charge in [-0.2, -0.15) is 0 Å². The lowest BCUT2D eigenvalue weighted by molar-refractivity contribution is -0.384. The molecule has 1 N–H and O–H groups in total. The van der Waals surface area contributed by atoms with Gasteiger partial charge in [0.2, 0.25) is 5.91 Å². The Morgan fingerprint density at radius 1 is 1.31 bits per heavy atom. The Morgan fingerprint density at radius 2 is 2.10 bits per heavy atom. The SMILES string of the molecule is CC(Sc1ccc([N+](=O)[O-])cc1)C(=O)N1CC=C(c2c[nH]c3ncccc23)CC1. The number of aromatic nitrogens is 2. The number of amides is 1. The number of hydrogen-bond donors (Lipinski definition) is 1. The summed E-state index contributed by atoms with van der Waals surface area (Å²) in [5, 5.41) is 11.6. The molecule has 0 bridgehead atoms. The van der Waals surface area contributed by atoms with E-state index in [9.17, 15) is 14.9 Å². The highest BCUT2D eigenvalue weighted by atomic mass is 32.2. The molecule has 0 radical (unpaired) electrons. The number of nitro groups is 1. The van der Waals surface area contributed by atoms with Gasteiger partial charge in [-0.15, -0.1) is 11.8 Å². The van der Waals surface area contributed by atoms with Gasteiger partial charge in [0, 0.05) is 53.5 Å². The van der Waals surface area contributed by atoms with Gasteiger partial charge in [-0.3, -0.25) is 14.9 Å². The molecule has 8 heteroatoms. The van der Waals surface area contributed by atoms with Crippen LogP contribution in [0.1, 0.15) is 18.9 Å². The van der Waals surface area contributed by atoms with Crippen LogP contribution in [0.5, 0.6) is 0 Å². The Morgan fingerprint density at radius 3 is 2.79 bits per heavy atom. The van der Waals surface area contributed by atoms with Gasteiger partial charge in [0.05, 0.1) is 10.2 Å². The number of carbonyl (C=O) groups is 1. The first-order chi connectivity index (χ1) is 14.0. The predicted molar refractivity (Wildman–Crippen MR) is 114 cm³/mol. The number of pyridine rings is 1. The molecule has 2 aromatic heterocycles. The predicted octanol–water partition coefficient (Wildman–Crippen LogP) is 4.27. The van der Waals surface area contributed by atoms with E-state index >= 15 is 0 Å². The molecule has 7 nitrogen and oxygen atoms in total. The summed E-state index contributed by atoms with van der Waals surface area (Å²) in [6.45, 7) is 3.12. The van der Waals surface area contributed by atoms with Crippen molar-refractivity contribution in [1.82, 2.24) is 14.9 Å². The molecule has 3 heterocycles. The molecule has 1 aliphatic heterocycles. The Bertz CT molecular complexity index is 1090. The first kappa shape index (κ1) is 19.2. The van der Waals surface area contributed by atoms with Crippen molar-refractivity contribution in [3.63, 3.8) is 0 Å². The minimum atomic E-state index is -0.426. The van der Waals surface area contributed by atoms with Gasteiger partial charge < -0.3 is 9.88 Å². The van der Waals surface area contributed by atoms with Crippen LogP contribution in [-0.2, 0) is 4.79 Å².